The van der Waals surface area contributed by atoms with E-state index in [-0.39, 0.29) is 32.6 Å². The maximum Gasteiger partial charge on any atom is 0.255 e. The first-order chi connectivity index (χ1) is 22.6. The number of fused-ring (bicyclic) bond motifs is 3. The topological polar surface area (TPSA) is 87.5 Å². The molecule has 4 heterocycles. The van der Waals surface area contributed by atoms with Gasteiger partial charge in [-0.05, 0) is 119 Å². The summed E-state index contributed by atoms with van der Waals surface area (Å²) in [5.74, 6) is 0.532. The molecule has 1 aromatic heterocycles. The standard InChI is InChI=1S/C36H41ClFN5O3S/c1-24-40-33-8-3-4-9-34(33)43(24)29-21-27-10-11-28(22-29)42(27)19-16-36(25-6-5-7-26(38)20-25)14-17-41(18-15-36)35(44)31-23-30(12-13-32(31)37)47(45,46)39-2/h3-9,12-13,20,23,27-29,39H,10-11,14-19,21-22H2,1-2H3/t27-,28+,29?. The largest absolute Gasteiger partial charge is 0.339 e. The van der Waals surface area contributed by atoms with E-state index in [1.165, 1.54) is 49.7 Å². The zero-order valence-corrected chi connectivity index (χ0v) is 28.4. The summed E-state index contributed by atoms with van der Waals surface area (Å²) in [7, 11) is -2.40. The van der Waals surface area contributed by atoms with Crippen LogP contribution in [0.5, 0.6) is 0 Å². The molecule has 1 N–H and O–H groups in total. The molecule has 248 valence electrons. The van der Waals surface area contributed by atoms with E-state index in [0.29, 0.717) is 44.1 Å². The molecule has 1 amide bonds. The monoisotopic (exact) mass is 677 g/mol. The molecule has 3 aliphatic rings. The van der Waals surface area contributed by atoms with E-state index < -0.39 is 10.0 Å². The van der Waals surface area contributed by atoms with Crippen molar-refractivity contribution in [2.45, 2.75) is 80.3 Å². The Morgan fingerprint density at radius 2 is 1.72 bits per heavy atom. The molecule has 7 rings (SSSR count). The van der Waals surface area contributed by atoms with Crippen molar-refractivity contribution >= 4 is 38.6 Å². The normalized spacial score (nSPS) is 23.0. The van der Waals surface area contributed by atoms with E-state index in [1.807, 2.05) is 12.1 Å². The van der Waals surface area contributed by atoms with Crippen molar-refractivity contribution in [1.29, 1.82) is 0 Å². The van der Waals surface area contributed by atoms with Crippen molar-refractivity contribution in [1.82, 2.24) is 24.1 Å². The van der Waals surface area contributed by atoms with Gasteiger partial charge in [-0.25, -0.2) is 22.5 Å². The second-order valence-electron chi connectivity index (χ2n) is 13.4. The molecule has 4 aromatic rings. The fourth-order valence-electron chi connectivity index (χ4n) is 8.55. The fourth-order valence-corrected chi connectivity index (χ4v) is 9.51. The zero-order valence-electron chi connectivity index (χ0n) is 26.8. The SMILES string of the molecule is CNS(=O)(=O)c1ccc(Cl)c(C(=O)N2CCC(CCN3[C@@H]4CC[C@H]3CC(n3c(C)nc5ccccc53)C4)(c3cccc(F)c3)CC2)c1. The van der Waals surface area contributed by atoms with E-state index in [2.05, 4.69) is 39.3 Å². The number of carbonyl (C=O) groups is 1. The lowest BCUT2D eigenvalue weighted by atomic mass is 9.70. The summed E-state index contributed by atoms with van der Waals surface area (Å²) >= 11 is 6.41. The third-order valence-corrected chi connectivity index (χ3v) is 12.8. The molecule has 0 saturated carbocycles. The molecule has 3 aliphatic heterocycles. The summed E-state index contributed by atoms with van der Waals surface area (Å²) in [4.78, 5) is 23.0. The number of nitrogens with zero attached hydrogens (tertiary/aromatic N) is 4. The number of hydrogen-bond donors (Lipinski definition) is 1. The summed E-state index contributed by atoms with van der Waals surface area (Å²) in [5, 5.41) is 0.213. The van der Waals surface area contributed by atoms with Crippen LogP contribution in [0.3, 0.4) is 0 Å². The number of para-hydroxylation sites is 2. The van der Waals surface area contributed by atoms with Crippen molar-refractivity contribution in [3.05, 3.63) is 94.5 Å². The van der Waals surface area contributed by atoms with Gasteiger partial charge in [0.05, 0.1) is 26.5 Å². The highest BCUT2D eigenvalue weighted by atomic mass is 35.5. The molecule has 3 atom stereocenters. The number of aryl methyl sites for hydroxylation is 1. The maximum atomic E-state index is 14.6. The van der Waals surface area contributed by atoms with Crippen LogP contribution in [0.4, 0.5) is 4.39 Å². The van der Waals surface area contributed by atoms with Crippen LogP contribution in [-0.4, -0.2) is 72.4 Å². The first-order valence-corrected chi connectivity index (χ1v) is 18.4. The fraction of sp³-hybridized carbons (Fsp3) is 0.444. The Morgan fingerprint density at radius 1 is 1.00 bits per heavy atom. The van der Waals surface area contributed by atoms with Crippen molar-refractivity contribution < 1.29 is 17.6 Å². The van der Waals surface area contributed by atoms with E-state index >= 15 is 0 Å². The summed E-state index contributed by atoms with van der Waals surface area (Å²) < 4.78 is 44.2. The number of benzene rings is 3. The quantitative estimate of drug-likeness (QED) is 0.231. The molecule has 0 spiro atoms. The average molecular weight is 678 g/mol. The number of imidazole rings is 1. The highest BCUT2D eigenvalue weighted by Crippen LogP contribution is 2.45. The number of amides is 1. The highest BCUT2D eigenvalue weighted by Gasteiger charge is 2.44. The predicted molar refractivity (Wildman–Crippen MR) is 182 cm³/mol. The number of halogens is 2. The van der Waals surface area contributed by atoms with Gasteiger partial charge in [0, 0.05) is 31.2 Å². The van der Waals surface area contributed by atoms with Gasteiger partial charge in [0.15, 0.2) is 0 Å². The number of hydrogen-bond acceptors (Lipinski definition) is 5. The van der Waals surface area contributed by atoms with Gasteiger partial charge >= 0.3 is 0 Å². The first-order valence-electron chi connectivity index (χ1n) is 16.6. The molecular formula is C36H41ClFN5O3S. The molecule has 3 aromatic carbocycles. The van der Waals surface area contributed by atoms with Crippen molar-refractivity contribution in [2.24, 2.45) is 0 Å². The molecule has 0 radical (unpaired) electrons. The third kappa shape index (κ3) is 5.98. The average Bonchev–Trinajstić information content (AvgIpc) is 3.53. The minimum Gasteiger partial charge on any atom is -0.339 e. The van der Waals surface area contributed by atoms with Gasteiger partial charge in [-0.3, -0.25) is 9.69 Å². The number of sulfonamides is 1. The van der Waals surface area contributed by atoms with Crippen molar-refractivity contribution in [3.8, 4) is 0 Å². The molecule has 8 nitrogen and oxygen atoms in total. The van der Waals surface area contributed by atoms with Gasteiger partial charge in [-0.2, -0.15) is 0 Å². The lowest BCUT2D eigenvalue weighted by Crippen LogP contribution is -2.49. The highest BCUT2D eigenvalue weighted by molar-refractivity contribution is 7.89. The second kappa shape index (κ2) is 12.6. The predicted octanol–water partition coefficient (Wildman–Crippen LogP) is 6.48. The lowest BCUT2D eigenvalue weighted by molar-refractivity contribution is 0.0606. The molecule has 47 heavy (non-hydrogen) atoms. The summed E-state index contributed by atoms with van der Waals surface area (Å²) in [6.07, 6.45) is 6.79. The number of aromatic nitrogens is 2. The summed E-state index contributed by atoms with van der Waals surface area (Å²) in [5.41, 5.74) is 3.13. The van der Waals surface area contributed by atoms with E-state index in [9.17, 15) is 17.6 Å². The Balaban J connectivity index is 1.08. The van der Waals surface area contributed by atoms with Crippen LogP contribution in [0, 0.1) is 12.7 Å². The Bertz CT molecular complexity index is 1910. The number of piperidine rings is 2. The van der Waals surface area contributed by atoms with Gasteiger partial charge in [-0.15, -0.1) is 0 Å². The summed E-state index contributed by atoms with van der Waals surface area (Å²) in [6.45, 7) is 3.97. The Labute approximate surface area is 281 Å². The van der Waals surface area contributed by atoms with Crippen LogP contribution >= 0.6 is 11.6 Å². The van der Waals surface area contributed by atoms with Gasteiger partial charge in [0.25, 0.3) is 5.91 Å². The van der Waals surface area contributed by atoms with E-state index in [4.69, 9.17) is 16.6 Å². The van der Waals surface area contributed by atoms with Gasteiger partial charge in [-0.1, -0.05) is 35.9 Å². The molecule has 0 aliphatic carbocycles. The Kier molecular flexibility index (Phi) is 8.66. The third-order valence-electron chi connectivity index (χ3n) is 11.0. The van der Waals surface area contributed by atoms with Crippen LogP contribution in [0.1, 0.15) is 72.7 Å². The van der Waals surface area contributed by atoms with Crippen LogP contribution < -0.4 is 4.72 Å². The molecule has 1 unspecified atom stereocenters. The van der Waals surface area contributed by atoms with E-state index in [0.717, 1.165) is 42.7 Å². The smallest absolute Gasteiger partial charge is 0.255 e. The first kappa shape index (κ1) is 32.2. The molecule has 11 heteroatoms. The molecule has 2 bridgehead atoms. The number of nitrogens with one attached hydrogen (secondary N) is 1. The molecular weight excluding hydrogens is 637 g/mol. The number of likely N-dealkylation sites (tertiary alicyclic amines) is 1. The summed E-state index contributed by atoms with van der Waals surface area (Å²) in [6, 6.07) is 21.0. The maximum absolute atomic E-state index is 14.6. The van der Waals surface area contributed by atoms with Crippen molar-refractivity contribution in [3.63, 3.8) is 0 Å². The van der Waals surface area contributed by atoms with Gasteiger partial charge in [0.2, 0.25) is 10.0 Å². The second-order valence-corrected chi connectivity index (χ2v) is 15.7. The Hall–Kier alpha value is -3.31. The van der Waals surface area contributed by atoms with E-state index in [1.54, 1.807) is 17.0 Å². The van der Waals surface area contributed by atoms with Gasteiger partial charge in [0.1, 0.15) is 11.6 Å². The molecule has 3 fully saturated rings. The molecule has 3 saturated heterocycles. The van der Waals surface area contributed by atoms with Crippen molar-refractivity contribution in [2.75, 3.05) is 26.7 Å². The minimum atomic E-state index is -3.73. The van der Waals surface area contributed by atoms with Crippen LogP contribution in [0.2, 0.25) is 5.02 Å². The number of carbonyl (C=O) groups excluding carboxylic acids is 1. The Morgan fingerprint density at radius 3 is 2.43 bits per heavy atom. The van der Waals surface area contributed by atoms with Crippen LogP contribution in [0.15, 0.2) is 71.6 Å². The zero-order chi connectivity index (χ0) is 32.9. The van der Waals surface area contributed by atoms with Gasteiger partial charge < -0.3 is 9.47 Å². The lowest BCUT2D eigenvalue weighted by Gasteiger charge is -2.45. The van der Waals surface area contributed by atoms with Crippen LogP contribution in [-0.2, 0) is 15.4 Å². The number of rotatable bonds is 8. The minimum absolute atomic E-state index is 0.00588. The van der Waals surface area contributed by atoms with Crippen LogP contribution in [0.25, 0.3) is 11.0 Å².